The Kier molecular flexibility index (Phi) is 4.91. The number of nitrogens with zero attached hydrogens (tertiary/aromatic N) is 1. The predicted octanol–water partition coefficient (Wildman–Crippen LogP) is 4.14. The summed E-state index contributed by atoms with van der Waals surface area (Å²) in [5, 5.41) is 2.46. The van der Waals surface area contributed by atoms with Gasteiger partial charge in [0.15, 0.2) is 0 Å². The number of anilines is 2. The first-order valence-corrected chi connectivity index (χ1v) is 8.23. The van der Waals surface area contributed by atoms with Gasteiger partial charge in [-0.2, -0.15) is 13.2 Å². The van der Waals surface area contributed by atoms with Gasteiger partial charge in [0.1, 0.15) is 11.7 Å². The molecule has 0 aliphatic carbocycles. The molecule has 2 aromatic carbocycles. The van der Waals surface area contributed by atoms with Gasteiger partial charge in [0, 0.05) is 23.5 Å². The van der Waals surface area contributed by atoms with Crippen LogP contribution in [0.2, 0.25) is 0 Å². The molecule has 0 bridgehead atoms. The minimum atomic E-state index is -4.47. The summed E-state index contributed by atoms with van der Waals surface area (Å²) in [5.74, 6) is -2.49. The van der Waals surface area contributed by atoms with E-state index in [0.29, 0.717) is 11.3 Å². The molecule has 1 aliphatic rings. The first-order chi connectivity index (χ1) is 12.7. The van der Waals surface area contributed by atoms with E-state index in [-0.39, 0.29) is 18.7 Å². The molecule has 1 fully saturated rings. The molecule has 1 unspecified atom stereocenters. The maximum atomic E-state index is 13.7. The molecule has 1 atom stereocenters. The maximum absolute atomic E-state index is 13.7. The summed E-state index contributed by atoms with van der Waals surface area (Å²) >= 11 is 0. The third kappa shape index (κ3) is 3.79. The Morgan fingerprint density at radius 3 is 2.44 bits per heavy atom. The zero-order valence-corrected chi connectivity index (χ0v) is 14.3. The van der Waals surface area contributed by atoms with E-state index >= 15 is 0 Å². The largest absolute Gasteiger partial charge is 0.416 e. The fourth-order valence-corrected chi connectivity index (χ4v) is 3.02. The van der Waals surface area contributed by atoms with Gasteiger partial charge in [0.2, 0.25) is 11.8 Å². The molecule has 4 nitrogen and oxygen atoms in total. The molecule has 0 aromatic heterocycles. The summed E-state index contributed by atoms with van der Waals surface area (Å²) in [6.45, 7) is 1.81. The molecular weight excluding hydrogens is 364 g/mol. The highest BCUT2D eigenvalue weighted by atomic mass is 19.4. The highest BCUT2D eigenvalue weighted by molar-refractivity contribution is 6.13. The minimum Gasteiger partial charge on any atom is -0.325 e. The van der Waals surface area contributed by atoms with E-state index in [4.69, 9.17) is 0 Å². The quantitative estimate of drug-likeness (QED) is 0.643. The molecule has 0 radical (unpaired) electrons. The summed E-state index contributed by atoms with van der Waals surface area (Å²) in [6, 6.07) is 8.35. The number of nitrogens with one attached hydrogen (secondary N) is 1. The van der Waals surface area contributed by atoms with Crippen LogP contribution in [-0.4, -0.2) is 18.4 Å². The second-order valence-corrected chi connectivity index (χ2v) is 6.28. The zero-order chi connectivity index (χ0) is 19.8. The third-order valence-electron chi connectivity index (χ3n) is 4.53. The number of benzene rings is 2. The number of hydrogen-bond donors (Lipinski definition) is 1. The van der Waals surface area contributed by atoms with Crippen LogP contribution in [0.5, 0.6) is 0 Å². The highest BCUT2D eigenvalue weighted by Gasteiger charge is 2.38. The number of carbonyl (C=O) groups excluding carboxylic acids is 2. The lowest BCUT2D eigenvalue weighted by molar-refractivity contribution is -0.137. The number of carbonyl (C=O) groups is 2. The van der Waals surface area contributed by atoms with Gasteiger partial charge in [-0.05, 0) is 49.7 Å². The van der Waals surface area contributed by atoms with Crippen LogP contribution in [0.3, 0.4) is 0 Å². The number of alkyl halides is 3. The lowest BCUT2D eigenvalue weighted by Gasteiger charge is -2.19. The zero-order valence-electron chi connectivity index (χ0n) is 14.3. The van der Waals surface area contributed by atoms with Crippen molar-refractivity contribution in [3.05, 3.63) is 59.4 Å². The monoisotopic (exact) mass is 380 g/mol. The highest BCUT2D eigenvalue weighted by Crippen LogP contribution is 2.31. The summed E-state index contributed by atoms with van der Waals surface area (Å²) in [6.07, 6.45) is -4.23. The summed E-state index contributed by atoms with van der Waals surface area (Å²) < 4.78 is 51.5. The van der Waals surface area contributed by atoms with Gasteiger partial charge < -0.3 is 10.2 Å². The first-order valence-electron chi connectivity index (χ1n) is 8.23. The number of halogens is 4. The molecule has 1 aliphatic heterocycles. The Morgan fingerprint density at radius 1 is 1.15 bits per heavy atom. The number of amides is 2. The molecular formula is C19H16F4N2O2. The van der Waals surface area contributed by atoms with Crippen LogP contribution in [0, 0.1) is 18.7 Å². The Morgan fingerprint density at radius 2 is 1.81 bits per heavy atom. The Labute approximate surface area is 152 Å². The standard InChI is InChI=1S/C19H16F4N2O2/c1-11-15(20)3-2-4-16(11)25-10-9-14(18(25)27)17(26)24-13-7-5-12(6-8-13)19(21,22)23/h2-8,14H,9-10H2,1H3,(H,24,26). The van der Waals surface area contributed by atoms with Gasteiger partial charge in [-0.15, -0.1) is 0 Å². The molecule has 0 spiro atoms. The minimum absolute atomic E-state index is 0.168. The van der Waals surface area contributed by atoms with Crippen molar-refractivity contribution >= 4 is 23.2 Å². The Bertz CT molecular complexity index is 878. The van der Waals surface area contributed by atoms with Crippen LogP contribution in [-0.2, 0) is 15.8 Å². The second-order valence-electron chi connectivity index (χ2n) is 6.28. The molecule has 1 saturated heterocycles. The SMILES string of the molecule is Cc1c(F)cccc1N1CCC(C(=O)Nc2ccc(C(F)(F)F)cc2)C1=O. The molecule has 142 valence electrons. The van der Waals surface area contributed by atoms with Gasteiger partial charge in [0.25, 0.3) is 0 Å². The van der Waals surface area contributed by atoms with Crippen molar-refractivity contribution in [3.8, 4) is 0 Å². The van der Waals surface area contributed by atoms with Crippen molar-refractivity contribution < 1.29 is 27.2 Å². The summed E-state index contributed by atoms with van der Waals surface area (Å²) in [7, 11) is 0. The van der Waals surface area contributed by atoms with Crippen molar-refractivity contribution in [1.29, 1.82) is 0 Å². The Hall–Kier alpha value is -2.90. The van der Waals surface area contributed by atoms with E-state index < -0.39 is 35.3 Å². The van der Waals surface area contributed by atoms with Crippen LogP contribution in [0.1, 0.15) is 17.5 Å². The van der Waals surface area contributed by atoms with Gasteiger partial charge >= 0.3 is 6.18 Å². The topological polar surface area (TPSA) is 49.4 Å². The smallest absolute Gasteiger partial charge is 0.325 e. The molecule has 8 heteroatoms. The van der Waals surface area contributed by atoms with E-state index in [1.54, 1.807) is 13.0 Å². The lowest BCUT2D eigenvalue weighted by Crippen LogP contribution is -2.33. The fraction of sp³-hybridized carbons (Fsp3) is 0.263. The van der Waals surface area contributed by atoms with E-state index in [1.807, 2.05) is 0 Å². The molecule has 0 saturated carbocycles. The summed E-state index contributed by atoms with van der Waals surface area (Å²) in [4.78, 5) is 26.3. The van der Waals surface area contributed by atoms with Gasteiger partial charge in [-0.1, -0.05) is 6.07 Å². The van der Waals surface area contributed by atoms with Crippen molar-refractivity contribution in [2.75, 3.05) is 16.8 Å². The first kappa shape index (κ1) is 18.9. The molecule has 2 aromatic rings. The number of rotatable bonds is 3. The van der Waals surface area contributed by atoms with Crippen LogP contribution >= 0.6 is 0 Å². The predicted molar refractivity (Wildman–Crippen MR) is 91.7 cm³/mol. The van der Waals surface area contributed by atoms with Crippen molar-refractivity contribution in [2.24, 2.45) is 5.92 Å². The number of hydrogen-bond acceptors (Lipinski definition) is 2. The third-order valence-corrected chi connectivity index (χ3v) is 4.53. The summed E-state index contributed by atoms with van der Waals surface area (Å²) in [5.41, 5.74) is 0.0610. The molecule has 3 rings (SSSR count). The van der Waals surface area contributed by atoms with Crippen molar-refractivity contribution in [1.82, 2.24) is 0 Å². The van der Waals surface area contributed by atoms with Gasteiger partial charge in [0.05, 0.1) is 5.56 Å². The van der Waals surface area contributed by atoms with Crippen molar-refractivity contribution in [2.45, 2.75) is 19.5 Å². The van der Waals surface area contributed by atoms with Gasteiger partial charge in [-0.3, -0.25) is 9.59 Å². The Balaban J connectivity index is 1.71. The van der Waals surface area contributed by atoms with Crippen LogP contribution in [0.4, 0.5) is 28.9 Å². The van der Waals surface area contributed by atoms with Gasteiger partial charge in [-0.25, -0.2) is 4.39 Å². The van der Waals surface area contributed by atoms with E-state index in [1.165, 1.54) is 17.0 Å². The maximum Gasteiger partial charge on any atom is 0.416 e. The molecule has 1 heterocycles. The average Bonchev–Trinajstić information content (AvgIpc) is 2.98. The molecule has 2 amide bonds. The fourth-order valence-electron chi connectivity index (χ4n) is 3.02. The molecule has 27 heavy (non-hydrogen) atoms. The van der Waals surface area contributed by atoms with E-state index in [2.05, 4.69) is 5.32 Å². The lowest BCUT2D eigenvalue weighted by atomic mass is 10.1. The van der Waals surface area contributed by atoms with E-state index in [0.717, 1.165) is 24.3 Å². The molecule has 1 N–H and O–H groups in total. The normalized spacial score (nSPS) is 17.3. The van der Waals surface area contributed by atoms with Crippen LogP contribution in [0.15, 0.2) is 42.5 Å². The van der Waals surface area contributed by atoms with Crippen LogP contribution in [0.25, 0.3) is 0 Å². The van der Waals surface area contributed by atoms with Crippen LogP contribution < -0.4 is 10.2 Å². The van der Waals surface area contributed by atoms with Crippen molar-refractivity contribution in [3.63, 3.8) is 0 Å². The van der Waals surface area contributed by atoms with E-state index in [9.17, 15) is 27.2 Å². The average molecular weight is 380 g/mol. The second kappa shape index (κ2) is 7.02.